The number of hydrogen-bond acceptors (Lipinski definition) is 2. The Morgan fingerprint density at radius 3 is 2.33 bits per heavy atom. The third kappa shape index (κ3) is 2.51. The number of methoxy groups -OCH3 is 1. The smallest absolute Gasteiger partial charge is 0.254 e. The van der Waals surface area contributed by atoms with Crippen molar-refractivity contribution in [1.82, 2.24) is 4.90 Å². The quantitative estimate of drug-likeness (QED) is 0.694. The summed E-state index contributed by atoms with van der Waals surface area (Å²) in [5, 5.41) is 0. The molecule has 2 aliphatic rings. The van der Waals surface area contributed by atoms with Crippen molar-refractivity contribution < 1.29 is 9.53 Å². The Balaban J connectivity index is 1.99. The van der Waals surface area contributed by atoms with Gasteiger partial charge < -0.3 is 9.64 Å². The minimum Gasteiger partial charge on any atom is -0.369 e. The van der Waals surface area contributed by atoms with Gasteiger partial charge in [0.25, 0.3) is 5.91 Å². The van der Waals surface area contributed by atoms with Crippen molar-refractivity contribution in [3.05, 3.63) is 0 Å². The maximum Gasteiger partial charge on any atom is 0.254 e. The van der Waals surface area contributed by atoms with E-state index in [9.17, 15) is 4.79 Å². The van der Waals surface area contributed by atoms with Crippen molar-refractivity contribution in [2.45, 2.75) is 51.2 Å². The van der Waals surface area contributed by atoms with E-state index in [-0.39, 0.29) is 5.91 Å². The van der Waals surface area contributed by atoms with Gasteiger partial charge in [-0.05, 0) is 45.4 Å². The number of carbonyl (C=O) groups is 1. The molecule has 0 N–H and O–H groups in total. The summed E-state index contributed by atoms with van der Waals surface area (Å²) in [6.45, 7) is 4.67. The van der Waals surface area contributed by atoms with Gasteiger partial charge in [0.2, 0.25) is 0 Å². The van der Waals surface area contributed by atoms with Gasteiger partial charge in [-0.1, -0.05) is 0 Å². The molecule has 0 saturated heterocycles. The minimum atomic E-state index is -0.655. The summed E-state index contributed by atoms with van der Waals surface area (Å²) in [5.41, 5.74) is -0.655. The van der Waals surface area contributed by atoms with E-state index in [1.165, 1.54) is 25.7 Å². The van der Waals surface area contributed by atoms with Crippen LogP contribution < -0.4 is 0 Å². The van der Waals surface area contributed by atoms with Crippen molar-refractivity contribution in [3.63, 3.8) is 0 Å². The lowest BCUT2D eigenvalue weighted by atomic mass is 10.1. The number of hydrogen-bond donors (Lipinski definition) is 0. The Kier molecular flexibility index (Phi) is 2.75. The first-order valence-corrected chi connectivity index (χ1v) is 5.91. The van der Waals surface area contributed by atoms with E-state index in [1.807, 2.05) is 13.8 Å². The summed E-state index contributed by atoms with van der Waals surface area (Å²) < 4.78 is 5.27. The predicted molar refractivity (Wildman–Crippen MR) is 58.5 cm³/mol. The van der Waals surface area contributed by atoms with E-state index >= 15 is 0 Å². The average Bonchev–Trinajstić information content (AvgIpc) is 3.02. The SMILES string of the molecule is COC(C)(C)C(=O)N(CC1CC1)C1CC1. The molecule has 2 rings (SSSR count). The largest absolute Gasteiger partial charge is 0.369 e. The van der Waals surface area contributed by atoms with Gasteiger partial charge in [0.05, 0.1) is 0 Å². The lowest BCUT2D eigenvalue weighted by Crippen LogP contribution is -2.48. The van der Waals surface area contributed by atoms with E-state index in [2.05, 4.69) is 4.90 Å². The maximum absolute atomic E-state index is 12.2. The molecule has 0 aromatic carbocycles. The van der Waals surface area contributed by atoms with Crippen LogP contribution in [0.1, 0.15) is 39.5 Å². The summed E-state index contributed by atoms with van der Waals surface area (Å²) in [4.78, 5) is 14.3. The van der Waals surface area contributed by atoms with Gasteiger partial charge in [0, 0.05) is 19.7 Å². The lowest BCUT2D eigenvalue weighted by Gasteiger charge is -2.31. The average molecular weight is 211 g/mol. The topological polar surface area (TPSA) is 29.5 Å². The molecule has 0 radical (unpaired) electrons. The molecule has 3 nitrogen and oxygen atoms in total. The van der Waals surface area contributed by atoms with Crippen molar-refractivity contribution in [1.29, 1.82) is 0 Å². The molecule has 0 aliphatic heterocycles. The van der Waals surface area contributed by atoms with Crippen LogP contribution in [0.15, 0.2) is 0 Å². The summed E-state index contributed by atoms with van der Waals surface area (Å²) in [6, 6.07) is 0.507. The van der Waals surface area contributed by atoms with Crippen LogP contribution in [-0.4, -0.2) is 36.1 Å². The highest BCUT2D eigenvalue weighted by Crippen LogP contribution is 2.36. The van der Waals surface area contributed by atoms with Crippen molar-refractivity contribution in [3.8, 4) is 0 Å². The van der Waals surface area contributed by atoms with Gasteiger partial charge in [-0.3, -0.25) is 4.79 Å². The van der Waals surface area contributed by atoms with Gasteiger partial charge in [-0.25, -0.2) is 0 Å². The zero-order valence-corrected chi connectivity index (χ0v) is 9.95. The molecule has 86 valence electrons. The molecule has 0 spiro atoms. The Bertz CT molecular complexity index is 254. The Labute approximate surface area is 91.8 Å². The van der Waals surface area contributed by atoms with Gasteiger partial charge in [0.15, 0.2) is 0 Å². The highest BCUT2D eigenvalue weighted by molar-refractivity contribution is 5.85. The first kappa shape index (κ1) is 10.9. The van der Waals surface area contributed by atoms with Crippen LogP contribution in [0.3, 0.4) is 0 Å². The standard InChI is InChI=1S/C12H21NO2/c1-12(2,15-3)11(14)13(10-6-7-10)8-9-4-5-9/h9-10H,4-8H2,1-3H3. The number of ether oxygens (including phenoxy) is 1. The molecule has 2 fully saturated rings. The zero-order valence-electron chi connectivity index (χ0n) is 9.95. The highest BCUT2D eigenvalue weighted by atomic mass is 16.5. The van der Waals surface area contributed by atoms with Gasteiger partial charge >= 0.3 is 0 Å². The normalized spacial score (nSPS) is 21.5. The van der Waals surface area contributed by atoms with Gasteiger partial charge in [0.1, 0.15) is 5.60 Å². The van der Waals surface area contributed by atoms with Crippen LogP contribution in [-0.2, 0) is 9.53 Å². The highest BCUT2D eigenvalue weighted by Gasteiger charge is 2.41. The first-order chi connectivity index (χ1) is 7.04. The second kappa shape index (κ2) is 3.78. The van der Waals surface area contributed by atoms with Crippen LogP contribution in [0.4, 0.5) is 0 Å². The van der Waals surface area contributed by atoms with Crippen LogP contribution in [0, 0.1) is 5.92 Å². The van der Waals surface area contributed by atoms with Crippen LogP contribution in [0.5, 0.6) is 0 Å². The molecule has 0 bridgehead atoms. The molecular weight excluding hydrogens is 190 g/mol. The van der Waals surface area contributed by atoms with E-state index in [4.69, 9.17) is 4.74 Å². The minimum absolute atomic E-state index is 0.166. The van der Waals surface area contributed by atoms with Crippen molar-refractivity contribution in [2.24, 2.45) is 5.92 Å². The molecular formula is C12H21NO2. The third-order valence-electron chi connectivity index (χ3n) is 3.43. The van der Waals surface area contributed by atoms with Crippen molar-refractivity contribution in [2.75, 3.05) is 13.7 Å². The fourth-order valence-corrected chi connectivity index (χ4v) is 1.80. The fourth-order valence-electron chi connectivity index (χ4n) is 1.80. The predicted octanol–water partition coefficient (Wildman–Crippen LogP) is 1.81. The molecule has 0 aromatic rings. The van der Waals surface area contributed by atoms with E-state index in [1.54, 1.807) is 7.11 Å². The molecule has 3 heteroatoms. The van der Waals surface area contributed by atoms with Crippen LogP contribution in [0.25, 0.3) is 0 Å². The molecule has 2 saturated carbocycles. The monoisotopic (exact) mass is 211 g/mol. The van der Waals surface area contributed by atoms with E-state index < -0.39 is 5.60 Å². The summed E-state index contributed by atoms with van der Waals surface area (Å²) in [6.07, 6.45) is 4.95. The second-order valence-corrected chi connectivity index (χ2v) is 5.35. The summed E-state index contributed by atoms with van der Waals surface area (Å²) >= 11 is 0. The molecule has 0 atom stereocenters. The zero-order chi connectivity index (χ0) is 11.1. The van der Waals surface area contributed by atoms with Crippen molar-refractivity contribution >= 4 is 5.91 Å². The molecule has 0 aromatic heterocycles. The maximum atomic E-state index is 12.2. The molecule has 1 amide bonds. The Morgan fingerprint density at radius 2 is 1.93 bits per heavy atom. The summed E-state index contributed by atoms with van der Waals surface area (Å²) in [7, 11) is 1.61. The Morgan fingerprint density at radius 1 is 1.33 bits per heavy atom. The second-order valence-electron chi connectivity index (χ2n) is 5.35. The Hall–Kier alpha value is -0.570. The van der Waals surface area contributed by atoms with Gasteiger partial charge in [-0.15, -0.1) is 0 Å². The number of nitrogens with zero attached hydrogens (tertiary/aromatic N) is 1. The van der Waals surface area contributed by atoms with Crippen LogP contribution >= 0.6 is 0 Å². The molecule has 15 heavy (non-hydrogen) atoms. The first-order valence-electron chi connectivity index (χ1n) is 5.91. The fraction of sp³-hybridized carbons (Fsp3) is 0.917. The summed E-state index contributed by atoms with van der Waals surface area (Å²) in [5.74, 6) is 0.932. The van der Waals surface area contributed by atoms with Crippen LogP contribution in [0.2, 0.25) is 0 Å². The molecule has 0 unspecified atom stereocenters. The molecule has 2 aliphatic carbocycles. The number of carbonyl (C=O) groups excluding carboxylic acids is 1. The third-order valence-corrected chi connectivity index (χ3v) is 3.43. The number of amides is 1. The van der Waals surface area contributed by atoms with E-state index in [0.29, 0.717) is 6.04 Å². The van der Waals surface area contributed by atoms with Gasteiger partial charge in [-0.2, -0.15) is 0 Å². The lowest BCUT2D eigenvalue weighted by molar-refractivity contribution is -0.151. The number of rotatable bonds is 5. The van der Waals surface area contributed by atoms with E-state index in [0.717, 1.165) is 12.5 Å². The molecule has 0 heterocycles.